The minimum Gasteiger partial charge on any atom is -0.383 e. The van der Waals surface area contributed by atoms with Crippen molar-refractivity contribution in [2.45, 2.75) is 17.9 Å². The number of aromatic nitrogens is 2. The van der Waals surface area contributed by atoms with Gasteiger partial charge in [0.2, 0.25) is 5.82 Å². The van der Waals surface area contributed by atoms with E-state index >= 15 is 0 Å². The standard InChI is InChI=1S/C21H22N4O2S3/c1-13-17(20-23-19(24-27-20)16-5-4-12-30-16)18(14-6-8-15(29-3)9-7-14)22-21(28)25(13)10-11-26-2/h4-9,12,18H,10-11H2,1-3H3,(H,22,28). The van der Waals surface area contributed by atoms with Crippen LogP contribution in [0.3, 0.4) is 0 Å². The zero-order valence-corrected chi connectivity index (χ0v) is 19.4. The first-order valence-corrected chi connectivity index (χ1v) is 11.9. The Morgan fingerprint density at radius 1 is 1.30 bits per heavy atom. The van der Waals surface area contributed by atoms with Crippen molar-refractivity contribution in [2.24, 2.45) is 0 Å². The summed E-state index contributed by atoms with van der Waals surface area (Å²) in [6.07, 6.45) is 2.07. The summed E-state index contributed by atoms with van der Waals surface area (Å²) >= 11 is 8.97. The van der Waals surface area contributed by atoms with Crippen molar-refractivity contribution in [3.8, 4) is 10.7 Å². The Bertz CT molecular complexity index is 1040. The lowest BCUT2D eigenvalue weighted by atomic mass is 9.95. The van der Waals surface area contributed by atoms with Gasteiger partial charge >= 0.3 is 0 Å². The monoisotopic (exact) mass is 458 g/mol. The molecule has 0 saturated carbocycles. The summed E-state index contributed by atoms with van der Waals surface area (Å²) in [5.74, 6) is 1.08. The van der Waals surface area contributed by atoms with Gasteiger partial charge in [-0.15, -0.1) is 23.1 Å². The van der Waals surface area contributed by atoms with Crippen molar-refractivity contribution in [3.05, 3.63) is 58.9 Å². The van der Waals surface area contributed by atoms with Crippen LogP contribution in [0.2, 0.25) is 0 Å². The molecule has 1 aliphatic heterocycles. The SMILES string of the molecule is COCCN1C(=S)NC(c2ccc(SC)cc2)C(c2nc(-c3cccs3)no2)=C1C. The third-order valence-electron chi connectivity index (χ3n) is 4.96. The van der Waals surface area contributed by atoms with Gasteiger partial charge in [-0.1, -0.05) is 23.4 Å². The molecule has 0 radical (unpaired) electrons. The molecule has 1 atom stereocenters. The molecule has 156 valence electrons. The smallest absolute Gasteiger partial charge is 0.258 e. The fraction of sp³-hybridized carbons (Fsp3) is 0.286. The number of ether oxygens (including phenoxy) is 1. The highest BCUT2D eigenvalue weighted by Gasteiger charge is 2.34. The van der Waals surface area contributed by atoms with E-state index in [1.807, 2.05) is 29.3 Å². The lowest BCUT2D eigenvalue weighted by Gasteiger charge is -2.37. The van der Waals surface area contributed by atoms with Crippen LogP contribution < -0.4 is 5.32 Å². The van der Waals surface area contributed by atoms with Crippen LogP contribution in [-0.2, 0) is 4.74 Å². The highest BCUT2D eigenvalue weighted by atomic mass is 32.2. The van der Waals surface area contributed by atoms with Gasteiger partial charge in [-0.05, 0) is 54.5 Å². The second-order valence-corrected chi connectivity index (χ2v) is 8.91. The molecule has 6 nitrogen and oxygen atoms in total. The van der Waals surface area contributed by atoms with Crippen LogP contribution in [0.4, 0.5) is 0 Å². The summed E-state index contributed by atoms with van der Waals surface area (Å²) in [6.45, 7) is 3.24. The summed E-state index contributed by atoms with van der Waals surface area (Å²) in [7, 11) is 1.68. The molecule has 3 heterocycles. The summed E-state index contributed by atoms with van der Waals surface area (Å²) < 4.78 is 11.0. The number of nitrogens with one attached hydrogen (secondary N) is 1. The number of thiophene rings is 1. The van der Waals surface area contributed by atoms with Crippen LogP contribution in [0.5, 0.6) is 0 Å². The van der Waals surface area contributed by atoms with Crippen molar-refractivity contribution in [2.75, 3.05) is 26.5 Å². The van der Waals surface area contributed by atoms with Crippen molar-refractivity contribution in [1.82, 2.24) is 20.4 Å². The molecule has 0 aliphatic carbocycles. The zero-order valence-electron chi connectivity index (χ0n) is 16.9. The van der Waals surface area contributed by atoms with E-state index in [4.69, 9.17) is 26.5 Å². The Hall–Kier alpha value is -2.20. The normalized spacial score (nSPS) is 16.8. The van der Waals surface area contributed by atoms with E-state index in [9.17, 15) is 0 Å². The first-order chi connectivity index (χ1) is 14.6. The van der Waals surface area contributed by atoms with Crippen molar-refractivity contribution >= 4 is 46.0 Å². The van der Waals surface area contributed by atoms with E-state index in [-0.39, 0.29) is 6.04 Å². The fourth-order valence-corrected chi connectivity index (χ4v) is 4.80. The number of allylic oxidation sites excluding steroid dienone is 1. The molecule has 1 aliphatic rings. The Morgan fingerprint density at radius 3 is 2.77 bits per heavy atom. The second-order valence-electron chi connectivity index (χ2n) is 6.70. The number of methoxy groups -OCH3 is 1. The molecule has 3 aromatic rings. The third-order valence-corrected chi connectivity index (χ3v) is 6.91. The van der Waals surface area contributed by atoms with Gasteiger partial charge in [0.25, 0.3) is 5.89 Å². The van der Waals surface area contributed by atoms with E-state index < -0.39 is 0 Å². The zero-order chi connectivity index (χ0) is 21.1. The van der Waals surface area contributed by atoms with E-state index in [1.165, 1.54) is 4.90 Å². The lowest BCUT2D eigenvalue weighted by molar-refractivity contribution is 0.183. The van der Waals surface area contributed by atoms with Gasteiger partial charge in [0, 0.05) is 24.2 Å². The molecule has 0 spiro atoms. The maximum Gasteiger partial charge on any atom is 0.258 e. The van der Waals surface area contributed by atoms with Crippen LogP contribution in [0.25, 0.3) is 16.3 Å². The van der Waals surface area contributed by atoms with Crippen LogP contribution in [0, 0.1) is 0 Å². The number of benzene rings is 1. The molecule has 2 aromatic heterocycles. The van der Waals surface area contributed by atoms with E-state index in [0.29, 0.717) is 30.0 Å². The van der Waals surface area contributed by atoms with Crippen LogP contribution in [-0.4, -0.2) is 46.7 Å². The summed E-state index contributed by atoms with van der Waals surface area (Å²) in [5.41, 5.74) is 3.00. The van der Waals surface area contributed by atoms with Gasteiger partial charge in [-0.25, -0.2) is 0 Å². The van der Waals surface area contributed by atoms with Crippen LogP contribution >= 0.6 is 35.3 Å². The highest BCUT2D eigenvalue weighted by Crippen LogP contribution is 2.38. The first kappa shape index (κ1) is 21.0. The number of hydrogen-bond donors (Lipinski definition) is 1. The van der Waals surface area contributed by atoms with Crippen LogP contribution in [0.1, 0.15) is 24.4 Å². The molecule has 0 bridgehead atoms. The highest BCUT2D eigenvalue weighted by molar-refractivity contribution is 7.98. The minimum atomic E-state index is -0.177. The predicted molar refractivity (Wildman–Crippen MR) is 125 cm³/mol. The fourth-order valence-electron chi connectivity index (χ4n) is 3.40. The molecule has 0 fully saturated rings. The van der Waals surface area contributed by atoms with Crippen molar-refractivity contribution < 1.29 is 9.26 Å². The van der Waals surface area contributed by atoms with Gasteiger partial charge < -0.3 is 19.5 Å². The number of rotatable bonds is 7. The van der Waals surface area contributed by atoms with E-state index in [2.05, 4.69) is 41.0 Å². The number of thioether (sulfide) groups is 1. The number of hydrogen-bond acceptors (Lipinski definition) is 7. The minimum absolute atomic E-state index is 0.177. The van der Waals surface area contributed by atoms with E-state index in [0.717, 1.165) is 21.7 Å². The number of nitrogens with zero attached hydrogens (tertiary/aromatic N) is 3. The largest absolute Gasteiger partial charge is 0.383 e. The van der Waals surface area contributed by atoms with Gasteiger partial charge in [-0.3, -0.25) is 0 Å². The molecule has 4 rings (SSSR count). The molecule has 0 amide bonds. The Balaban J connectivity index is 1.78. The van der Waals surface area contributed by atoms with Gasteiger partial charge in [0.05, 0.1) is 23.1 Å². The molecule has 0 saturated heterocycles. The van der Waals surface area contributed by atoms with Gasteiger partial charge in [0.15, 0.2) is 5.11 Å². The maximum atomic E-state index is 5.73. The Labute approximate surface area is 189 Å². The average molecular weight is 459 g/mol. The molecular weight excluding hydrogens is 436 g/mol. The summed E-state index contributed by atoms with van der Waals surface area (Å²) in [6, 6.07) is 12.2. The molecule has 1 unspecified atom stereocenters. The first-order valence-electron chi connectivity index (χ1n) is 9.42. The average Bonchev–Trinajstić information content (AvgIpc) is 3.45. The molecule has 1 aromatic carbocycles. The molecule has 30 heavy (non-hydrogen) atoms. The maximum absolute atomic E-state index is 5.73. The molecule has 9 heteroatoms. The van der Waals surface area contributed by atoms with Crippen molar-refractivity contribution in [3.63, 3.8) is 0 Å². The van der Waals surface area contributed by atoms with Crippen LogP contribution in [0.15, 0.2) is 56.9 Å². The Kier molecular flexibility index (Phi) is 6.52. The summed E-state index contributed by atoms with van der Waals surface area (Å²) in [4.78, 5) is 8.91. The van der Waals surface area contributed by atoms with E-state index in [1.54, 1.807) is 30.2 Å². The number of thiocarbonyl (C=S) groups is 1. The quantitative estimate of drug-likeness (QED) is 0.399. The van der Waals surface area contributed by atoms with Gasteiger partial charge in [-0.2, -0.15) is 4.98 Å². The predicted octanol–water partition coefficient (Wildman–Crippen LogP) is 4.83. The molecular formula is C21H22N4O2S3. The third kappa shape index (κ3) is 4.15. The van der Waals surface area contributed by atoms with Gasteiger partial charge in [0.1, 0.15) is 0 Å². The second kappa shape index (κ2) is 9.30. The Morgan fingerprint density at radius 2 is 2.10 bits per heavy atom. The van der Waals surface area contributed by atoms with Crippen molar-refractivity contribution in [1.29, 1.82) is 0 Å². The lowest BCUT2D eigenvalue weighted by Crippen LogP contribution is -2.47. The topological polar surface area (TPSA) is 63.4 Å². The summed E-state index contributed by atoms with van der Waals surface area (Å²) in [5, 5.41) is 10.3. The molecule has 1 N–H and O–H groups in total.